The molecule has 1 atom stereocenters. The highest BCUT2D eigenvalue weighted by molar-refractivity contribution is 7.15. The van der Waals surface area contributed by atoms with Crippen LogP contribution in [0, 0.1) is 12.7 Å². The van der Waals surface area contributed by atoms with Crippen molar-refractivity contribution in [2.45, 2.75) is 38.2 Å². The third kappa shape index (κ3) is 3.89. The second-order valence-electron chi connectivity index (χ2n) is 7.38. The molecule has 1 aliphatic carbocycles. The molecule has 1 aliphatic rings. The summed E-state index contributed by atoms with van der Waals surface area (Å²) in [7, 11) is 0. The number of hydrogen-bond acceptors (Lipinski definition) is 7. The molecule has 0 radical (unpaired) electrons. The Kier molecular flexibility index (Phi) is 4.86. The molecule has 1 aromatic carbocycles. The monoisotopic (exact) mass is 400 g/mol. The number of aryl methyl sites for hydroxylation is 1. The van der Waals surface area contributed by atoms with E-state index in [4.69, 9.17) is 0 Å². The van der Waals surface area contributed by atoms with Gasteiger partial charge in [-0.05, 0) is 49.9 Å². The molecule has 0 spiro atoms. The fourth-order valence-electron chi connectivity index (χ4n) is 2.93. The summed E-state index contributed by atoms with van der Waals surface area (Å²) in [6.07, 6.45) is 4.83. The van der Waals surface area contributed by atoms with E-state index < -0.39 is 12.2 Å². The Hall–Kier alpha value is -2.42. The lowest BCUT2D eigenvalue weighted by atomic mass is 10.1. The number of anilines is 2. The van der Waals surface area contributed by atoms with E-state index in [0.717, 1.165) is 34.5 Å². The number of nitrogens with zero attached hydrogens (tertiary/aromatic N) is 3. The van der Waals surface area contributed by atoms with Gasteiger partial charge >= 0.3 is 0 Å². The first-order chi connectivity index (χ1) is 13.4. The third-order valence-corrected chi connectivity index (χ3v) is 5.93. The summed E-state index contributed by atoms with van der Waals surface area (Å²) in [5.41, 5.74) is 1.84. The largest absolute Gasteiger partial charge is 0.393 e. The van der Waals surface area contributed by atoms with Crippen LogP contribution in [0.4, 0.5) is 16.0 Å². The molecule has 1 unspecified atom stereocenters. The van der Waals surface area contributed by atoms with Gasteiger partial charge in [0, 0.05) is 17.8 Å². The van der Waals surface area contributed by atoms with Crippen LogP contribution in [0.5, 0.6) is 0 Å². The van der Waals surface area contributed by atoms with Crippen molar-refractivity contribution in [1.29, 1.82) is 0 Å². The lowest BCUT2D eigenvalue weighted by Crippen LogP contribution is -2.25. The molecule has 2 heterocycles. The van der Waals surface area contributed by atoms with E-state index in [-0.39, 0.29) is 11.7 Å². The Morgan fingerprint density at radius 2 is 2.04 bits per heavy atom. The minimum absolute atomic E-state index is 0.201. The van der Waals surface area contributed by atoms with Crippen molar-refractivity contribution in [3.63, 3.8) is 0 Å². The molecule has 146 valence electrons. The Bertz CT molecular complexity index is 1020. The molecule has 0 aliphatic heterocycles. The van der Waals surface area contributed by atoms with E-state index in [0.29, 0.717) is 16.6 Å². The smallest absolute Gasteiger partial charge is 0.227 e. The predicted octanol–water partition coefficient (Wildman–Crippen LogP) is 3.87. The molecule has 3 N–H and O–H groups in total. The average Bonchev–Trinajstić information content (AvgIpc) is 3.37. The number of aliphatic hydroxyl groups is 2. The van der Waals surface area contributed by atoms with Gasteiger partial charge in [0.15, 0.2) is 5.82 Å². The molecule has 3 aromatic rings. The molecule has 0 saturated heterocycles. The predicted molar refractivity (Wildman–Crippen MR) is 106 cm³/mol. The lowest BCUT2D eigenvalue weighted by Gasteiger charge is -2.16. The molecular formula is C20H21FN4O2S. The highest BCUT2D eigenvalue weighted by atomic mass is 32.1. The highest BCUT2D eigenvalue weighted by Crippen LogP contribution is 2.40. The normalized spacial score (nSPS) is 16.0. The number of hydrogen-bond donors (Lipinski definition) is 3. The summed E-state index contributed by atoms with van der Waals surface area (Å²) in [5, 5.41) is 23.1. The maximum Gasteiger partial charge on any atom is 0.227 e. The van der Waals surface area contributed by atoms with Gasteiger partial charge in [0.25, 0.3) is 0 Å². The molecule has 1 saturated carbocycles. The number of aliphatic hydroxyl groups excluding tert-OH is 1. The van der Waals surface area contributed by atoms with Crippen molar-refractivity contribution >= 4 is 23.0 Å². The Balaban J connectivity index is 1.62. The van der Waals surface area contributed by atoms with Gasteiger partial charge in [0.1, 0.15) is 10.6 Å². The Labute approximate surface area is 166 Å². The summed E-state index contributed by atoms with van der Waals surface area (Å²) >= 11 is 1.33. The van der Waals surface area contributed by atoms with Crippen molar-refractivity contribution in [2.24, 2.45) is 0 Å². The summed E-state index contributed by atoms with van der Waals surface area (Å²) in [6, 6.07) is 5.90. The van der Waals surface area contributed by atoms with E-state index >= 15 is 0 Å². The third-order valence-electron chi connectivity index (χ3n) is 4.63. The van der Waals surface area contributed by atoms with Gasteiger partial charge in [-0.3, -0.25) is 0 Å². The highest BCUT2D eigenvalue weighted by Gasteiger charge is 2.29. The second kappa shape index (κ2) is 7.20. The van der Waals surface area contributed by atoms with E-state index in [1.807, 2.05) is 25.1 Å². The van der Waals surface area contributed by atoms with Crippen LogP contribution in [0.2, 0.25) is 0 Å². The first kappa shape index (κ1) is 18.9. The SMILES string of the molecule is Cc1cc(Nc2ncc(F)c(C3CC3)n2)cc(-c2cnc(C(C)(O)CO)s2)c1. The summed E-state index contributed by atoms with van der Waals surface area (Å²) in [4.78, 5) is 13.5. The summed E-state index contributed by atoms with van der Waals surface area (Å²) in [6.45, 7) is 3.11. The van der Waals surface area contributed by atoms with Crippen molar-refractivity contribution in [1.82, 2.24) is 15.0 Å². The minimum Gasteiger partial charge on any atom is -0.393 e. The minimum atomic E-state index is -1.37. The molecule has 0 bridgehead atoms. The first-order valence-corrected chi connectivity index (χ1v) is 9.88. The maximum absolute atomic E-state index is 13.9. The number of nitrogens with one attached hydrogen (secondary N) is 1. The average molecular weight is 400 g/mol. The molecule has 4 rings (SSSR count). The van der Waals surface area contributed by atoms with Gasteiger partial charge in [-0.2, -0.15) is 0 Å². The molecule has 2 aromatic heterocycles. The second-order valence-corrected chi connectivity index (χ2v) is 8.41. The Morgan fingerprint density at radius 1 is 1.25 bits per heavy atom. The van der Waals surface area contributed by atoms with Gasteiger partial charge < -0.3 is 15.5 Å². The van der Waals surface area contributed by atoms with Gasteiger partial charge in [0.05, 0.1) is 23.4 Å². The molecule has 28 heavy (non-hydrogen) atoms. The van der Waals surface area contributed by atoms with E-state index in [2.05, 4.69) is 20.3 Å². The van der Waals surface area contributed by atoms with Crippen LogP contribution in [0.1, 0.15) is 41.9 Å². The fourth-order valence-corrected chi connectivity index (χ4v) is 3.87. The van der Waals surface area contributed by atoms with Gasteiger partial charge in [-0.15, -0.1) is 11.3 Å². The first-order valence-electron chi connectivity index (χ1n) is 9.07. The van der Waals surface area contributed by atoms with Crippen molar-refractivity contribution in [2.75, 3.05) is 11.9 Å². The van der Waals surface area contributed by atoms with E-state index in [1.165, 1.54) is 24.5 Å². The standard InChI is InChI=1S/C20H21FN4O2S/c1-11-5-13(16-9-22-18(28-16)20(2,27)10-26)7-14(6-11)24-19-23-8-15(21)17(25-19)12-3-4-12/h5-9,12,26-27H,3-4,10H2,1-2H3,(H,23,24,25). The molecule has 8 heteroatoms. The van der Waals surface area contributed by atoms with E-state index in [9.17, 15) is 14.6 Å². The number of aromatic nitrogens is 3. The molecular weight excluding hydrogens is 379 g/mol. The van der Waals surface area contributed by atoms with Crippen molar-refractivity contribution in [3.8, 4) is 10.4 Å². The maximum atomic E-state index is 13.9. The summed E-state index contributed by atoms with van der Waals surface area (Å²) in [5.74, 6) is 0.214. The number of rotatable bonds is 6. The zero-order valence-electron chi connectivity index (χ0n) is 15.6. The van der Waals surface area contributed by atoms with Gasteiger partial charge in [-0.1, -0.05) is 6.07 Å². The zero-order valence-corrected chi connectivity index (χ0v) is 16.4. The Morgan fingerprint density at radius 3 is 2.75 bits per heavy atom. The van der Waals surface area contributed by atoms with Crippen LogP contribution in [0.25, 0.3) is 10.4 Å². The van der Waals surface area contributed by atoms with Crippen molar-refractivity contribution in [3.05, 3.63) is 52.7 Å². The van der Waals surface area contributed by atoms with Gasteiger partial charge in [-0.25, -0.2) is 19.3 Å². The van der Waals surface area contributed by atoms with Crippen LogP contribution in [-0.2, 0) is 5.60 Å². The van der Waals surface area contributed by atoms with Crippen LogP contribution in [0.15, 0.2) is 30.6 Å². The quantitative estimate of drug-likeness (QED) is 0.582. The van der Waals surface area contributed by atoms with Gasteiger partial charge in [0.2, 0.25) is 5.95 Å². The number of halogens is 1. The van der Waals surface area contributed by atoms with Crippen LogP contribution in [-0.4, -0.2) is 31.8 Å². The topological polar surface area (TPSA) is 91.2 Å². The zero-order chi connectivity index (χ0) is 19.9. The van der Waals surface area contributed by atoms with Crippen LogP contribution >= 0.6 is 11.3 Å². The summed E-state index contributed by atoms with van der Waals surface area (Å²) < 4.78 is 13.9. The lowest BCUT2D eigenvalue weighted by molar-refractivity contribution is -0.00244. The van der Waals surface area contributed by atoms with Crippen LogP contribution < -0.4 is 5.32 Å². The molecule has 1 fully saturated rings. The molecule has 6 nitrogen and oxygen atoms in total. The van der Waals surface area contributed by atoms with Crippen molar-refractivity contribution < 1.29 is 14.6 Å². The van der Waals surface area contributed by atoms with E-state index in [1.54, 1.807) is 6.20 Å². The number of thiazole rings is 1. The number of benzene rings is 1. The van der Waals surface area contributed by atoms with Crippen LogP contribution in [0.3, 0.4) is 0 Å². The fraction of sp³-hybridized carbons (Fsp3) is 0.350. The molecule has 0 amide bonds.